The molecule has 0 aliphatic carbocycles. The van der Waals surface area contributed by atoms with Gasteiger partial charge in [0.25, 0.3) is 0 Å². The van der Waals surface area contributed by atoms with Crippen LogP contribution in [-0.2, 0) is 9.53 Å². The van der Waals surface area contributed by atoms with Crippen molar-refractivity contribution in [2.24, 2.45) is 0 Å². The molecular weight excluding hydrogens is 274 g/mol. The number of nitrogens with zero attached hydrogens (tertiary/aromatic N) is 3. The van der Waals surface area contributed by atoms with Crippen molar-refractivity contribution < 1.29 is 19.4 Å². The third-order valence-electron chi connectivity index (χ3n) is 4.29. The Balaban J connectivity index is 1.84. The minimum absolute atomic E-state index is 0.0333. The number of aliphatic carboxylic acids is 1. The van der Waals surface area contributed by atoms with Gasteiger partial charge in [0.2, 0.25) is 0 Å². The number of carboxylic acids is 1. The molecule has 0 aromatic rings. The minimum Gasteiger partial charge on any atom is -0.481 e. The van der Waals surface area contributed by atoms with Crippen molar-refractivity contribution >= 4 is 12.0 Å². The molecule has 0 bridgehead atoms. The molecule has 0 saturated carbocycles. The average molecular weight is 299 g/mol. The highest BCUT2D eigenvalue weighted by Crippen LogP contribution is 2.17. The number of carboxylic acid groups (broad SMARTS) is 1. The fourth-order valence-corrected chi connectivity index (χ4v) is 3.06. The Morgan fingerprint density at radius 1 is 1.38 bits per heavy atom. The molecule has 2 heterocycles. The van der Waals surface area contributed by atoms with E-state index in [1.807, 2.05) is 7.05 Å². The van der Waals surface area contributed by atoms with Gasteiger partial charge in [-0.1, -0.05) is 0 Å². The van der Waals surface area contributed by atoms with Crippen LogP contribution in [0.15, 0.2) is 0 Å². The maximum atomic E-state index is 12.5. The molecule has 0 aromatic heterocycles. The van der Waals surface area contributed by atoms with Crippen molar-refractivity contribution in [2.45, 2.75) is 31.4 Å². The van der Waals surface area contributed by atoms with Crippen LogP contribution >= 0.6 is 0 Å². The van der Waals surface area contributed by atoms with Crippen LogP contribution in [0.3, 0.4) is 0 Å². The van der Waals surface area contributed by atoms with Gasteiger partial charge in [-0.25, -0.2) is 4.79 Å². The Morgan fingerprint density at radius 3 is 2.76 bits per heavy atom. The van der Waals surface area contributed by atoms with Crippen LogP contribution in [-0.4, -0.2) is 90.8 Å². The Morgan fingerprint density at radius 2 is 2.14 bits per heavy atom. The van der Waals surface area contributed by atoms with Gasteiger partial charge in [0.05, 0.1) is 19.1 Å². The van der Waals surface area contributed by atoms with Crippen LogP contribution in [0.25, 0.3) is 0 Å². The first-order chi connectivity index (χ1) is 9.97. The summed E-state index contributed by atoms with van der Waals surface area (Å²) < 4.78 is 5.40. The summed E-state index contributed by atoms with van der Waals surface area (Å²) in [5.41, 5.74) is 0. The lowest BCUT2D eigenvalue weighted by Crippen LogP contribution is -2.52. The Labute approximate surface area is 125 Å². The molecule has 2 aliphatic rings. The van der Waals surface area contributed by atoms with Crippen LogP contribution in [0.5, 0.6) is 0 Å². The second kappa shape index (κ2) is 7.09. The van der Waals surface area contributed by atoms with Gasteiger partial charge >= 0.3 is 12.0 Å². The first-order valence-electron chi connectivity index (χ1n) is 7.51. The quantitative estimate of drug-likeness (QED) is 0.808. The Bertz CT molecular complexity index is 390. The van der Waals surface area contributed by atoms with Crippen molar-refractivity contribution in [1.29, 1.82) is 0 Å². The highest BCUT2D eigenvalue weighted by molar-refractivity contribution is 5.74. The fraction of sp³-hybridized carbons (Fsp3) is 0.857. The lowest BCUT2D eigenvalue weighted by molar-refractivity contribution is -0.141. The van der Waals surface area contributed by atoms with Crippen LogP contribution in [0.2, 0.25) is 0 Å². The molecule has 7 heteroatoms. The molecule has 0 spiro atoms. The van der Waals surface area contributed by atoms with E-state index in [0.29, 0.717) is 25.7 Å². The number of likely N-dealkylation sites (N-methyl/N-ethyl adjacent to an activating group) is 2. The van der Waals surface area contributed by atoms with Gasteiger partial charge in [0.15, 0.2) is 0 Å². The summed E-state index contributed by atoms with van der Waals surface area (Å²) in [7, 11) is 3.91. The SMILES string of the molecule is CN(CC1CCCN1C)C(=O)N1CCOC(CC(=O)O)C1. The fourth-order valence-electron chi connectivity index (χ4n) is 3.06. The van der Waals surface area contributed by atoms with Crippen molar-refractivity contribution in [3.63, 3.8) is 0 Å². The first kappa shape index (κ1) is 16.0. The van der Waals surface area contributed by atoms with E-state index in [1.165, 1.54) is 6.42 Å². The maximum absolute atomic E-state index is 12.5. The number of hydrogen-bond donors (Lipinski definition) is 1. The van der Waals surface area contributed by atoms with E-state index in [1.54, 1.807) is 9.80 Å². The monoisotopic (exact) mass is 299 g/mol. The third kappa shape index (κ3) is 4.31. The Hall–Kier alpha value is -1.34. The second-order valence-electron chi connectivity index (χ2n) is 5.98. The number of carbonyl (C=O) groups excluding carboxylic acids is 1. The van der Waals surface area contributed by atoms with Crippen LogP contribution in [0, 0.1) is 0 Å². The lowest BCUT2D eigenvalue weighted by atomic mass is 10.2. The van der Waals surface area contributed by atoms with Gasteiger partial charge in [-0.2, -0.15) is 0 Å². The summed E-state index contributed by atoms with van der Waals surface area (Å²) in [6, 6.07) is 0.392. The molecule has 7 nitrogen and oxygen atoms in total. The van der Waals surface area contributed by atoms with E-state index < -0.39 is 12.1 Å². The largest absolute Gasteiger partial charge is 0.481 e. The molecule has 2 amide bonds. The number of hydrogen-bond acceptors (Lipinski definition) is 4. The van der Waals surface area contributed by atoms with Gasteiger partial charge in [-0.15, -0.1) is 0 Å². The molecule has 2 unspecified atom stereocenters. The summed E-state index contributed by atoms with van der Waals surface area (Å²) in [6.07, 6.45) is 1.85. The normalized spacial score (nSPS) is 26.9. The van der Waals surface area contributed by atoms with E-state index in [2.05, 4.69) is 11.9 Å². The molecule has 120 valence electrons. The summed E-state index contributed by atoms with van der Waals surface area (Å²) in [6.45, 7) is 3.10. The van der Waals surface area contributed by atoms with Gasteiger partial charge in [0, 0.05) is 32.7 Å². The molecule has 2 aliphatic heterocycles. The van der Waals surface area contributed by atoms with E-state index in [0.717, 1.165) is 19.5 Å². The summed E-state index contributed by atoms with van der Waals surface area (Å²) in [4.78, 5) is 28.9. The number of rotatable bonds is 4. The highest BCUT2D eigenvalue weighted by Gasteiger charge is 2.30. The molecule has 2 atom stereocenters. The number of ether oxygens (including phenoxy) is 1. The molecule has 21 heavy (non-hydrogen) atoms. The van der Waals surface area contributed by atoms with Crippen LogP contribution in [0.4, 0.5) is 4.79 Å². The number of amides is 2. The third-order valence-corrected chi connectivity index (χ3v) is 4.29. The zero-order valence-corrected chi connectivity index (χ0v) is 12.8. The van der Waals surface area contributed by atoms with Crippen molar-refractivity contribution in [1.82, 2.24) is 14.7 Å². The molecule has 2 rings (SSSR count). The predicted octanol–water partition coefficient (Wildman–Crippen LogP) is 0.308. The zero-order valence-electron chi connectivity index (χ0n) is 12.8. The van der Waals surface area contributed by atoms with Gasteiger partial charge in [-0.05, 0) is 26.4 Å². The average Bonchev–Trinajstić information content (AvgIpc) is 2.83. The molecule has 2 fully saturated rings. The van der Waals surface area contributed by atoms with Crippen molar-refractivity contribution in [3.8, 4) is 0 Å². The van der Waals surface area contributed by atoms with E-state index in [9.17, 15) is 9.59 Å². The van der Waals surface area contributed by atoms with E-state index in [4.69, 9.17) is 9.84 Å². The number of morpholine rings is 1. The Kier molecular flexibility index (Phi) is 5.41. The van der Waals surface area contributed by atoms with Crippen LogP contribution in [0.1, 0.15) is 19.3 Å². The number of likely N-dealkylation sites (tertiary alicyclic amines) is 1. The molecule has 1 N–H and O–H groups in total. The van der Waals surface area contributed by atoms with E-state index in [-0.39, 0.29) is 12.5 Å². The summed E-state index contributed by atoms with van der Waals surface area (Å²) in [5, 5.41) is 8.82. The summed E-state index contributed by atoms with van der Waals surface area (Å²) in [5.74, 6) is -0.893. The van der Waals surface area contributed by atoms with Gasteiger partial charge < -0.3 is 24.5 Å². The standard InChI is InChI=1S/C14H25N3O4/c1-15-5-3-4-11(15)9-16(2)14(20)17-6-7-21-12(10-17)8-13(18)19/h11-12H,3-10H2,1-2H3,(H,18,19). The predicted molar refractivity (Wildman–Crippen MR) is 77.2 cm³/mol. The van der Waals surface area contributed by atoms with E-state index >= 15 is 0 Å². The minimum atomic E-state index is -0.893. The molecule has 2 saturated heterocycles. The second-order valence-corrected chi connectivity index (χ2v) is 5.98. The lowest BCUT2D eigenvalue weighted by Gasteiger charge is -2.36. The summed E-state index contributed by atoms with van der Waals surface area (Å²) >= 11 is 0. The number of urea groups is 1. The highest BCUT2D eigenvalue weighted by atomic mass is 16.5. The zero-order chi connectivity index (χ0) is 15.4. The van der Waals surface area contributed by atoms with Gasteiger partial charge in [-0.3, -0.25) is 4.79 Å². The van der Waals surface area contributed by atoms with Crippen LogP contribution < -0.4 is 0 Å². The van der Waals surface area contributed by atoms with Crippen molar-refractivity contribution in [3.05, 3.63) is 0 Å². The smallest absolute Gasteiger partial charge is 0.319 e. The topological polar surface area (TPSA) is 73.3 Å². The first-order valence-corrected chi connectivity index (χ1v) is 7.51. The van der Waals surface area contributed by atoms with Gasteiger partial charge in [0.1, 0.15) is 0 Å². The molecule has 0 aromatic carbocycles. The maximum Gasteiger partial charge on any atom is 0.319 e. The van der Waals surface area contributed by atoms with Crippen molar-refractivity contribution in [2.75, 3.05) is 46.9 Å². The molecular formula is C14H25N3O4. The number of carbonyl (C=O) groups is 2. The molecule has 0 radical (unpaired) electrons.